The van der Waals surface area contributed by atoms with E-state index in [4.69, 9.17) is 4.74 Å². The fourth-order valence-electron chi connectivity index (χ4n) is 3.34. The maximum absolute atomic E-state index is 12.5. The Labute approximate surface area is 154 Å². The fourth-order valence-corrected chi connectivity index (χ4v) is 5.06. The van der Waals surface area contributed by atoms with Crippen LogP contribution in [-0.4, -0.2) is 61.0 Å². The maximum atomic E-state index is 12.5. The predicted molar refractivity (Wildman–Crippen MR) is 97.7 cm³/mol. The van der Waals surface area contributed by atoms with Gasteiger partial charge in [-0.15, -0.1) is 0 Å². The molecule has 7 nitrogen and oxygen atoms in total. The summed E-state index contributed by atoms with van der Waals surface area (Å²) in [6.45, 7) is 1.81. The highest BCUT2D eigenvalue weighted by Gasteiger charge is 2.51. The molecule has 2 atom stereocenters. The second-order valence-electron chi connectivity index (χ2n) is 6.80. The number of sulfonamides is 1. The number of hydrogen-bond acceptors (Lipinski definition) is 5. The Morgan fingerprint density at radius 3 is 2.77 bits per heavy atom. The van der Waals surface area contributed by atoms with Crippen LogP contribution in [0.2, 0.25) is 0 Å². The summed E-state index contributed by atoms with van der Waals surface area (Å²) in [4.78, 5) is 12.1. The van der Waals surface area contributed by atoms with Gasteiger partial charge in [-0.2, -0.15) is 0 Å². The van der Waals surface area contributed by atoms with Crippen LogP contribution in [0.4, 0.5) is 0 Å². The molecule has 26 heavy (non-hydrogen) atoms. The number of ether oxygens (including phenoxy) is 1. The zero-order chi connectivity index (χ0) is 19.4. The Morgan fingerprint density at radius 1 is 1.42 bits per heavy atom. The molecule has 0 aliphatic carbocycles. The molecule has 1 fully saturated rings. The van der Waals surface area contributed by atoms with Gasteiger partial charge in [0, 0.05) is 13.1 Å². The second-order valence-corrected chi connectivity index (χ2v) is 8.89. The molecule has 0 amide bonds. The number of nitrogens with zero attached hydrogens (tertiary/aromatic N) is 1. The number of carbonyl (C=O) groups is 1. The number of aliphatic hydroxyl groups is 1. The highest BCUT2D eigenvalue weighted by molar-refractivity contribution is 7.89. The number of aliphatic carboxylic acids is 1. The number of unbranched alkanes of at least 4 members (excludes halogenated alkanes) is 1. The Kier molecular flexibility index (Phi) is 6.65. The standard InChI is InChI=1S/C18H27NO6S/c1-3-4-10-26(23,24)19-9-8-16(20)18(13-19,17(21)22)12-14-6-5-7-15(11-14)25-2/h5-7,11,16,20H,3-4,8-10,12-13H2,1-2H3,(H,21,22)/t16-,18+/m0/s1. The van der Waals surface area contributed by atoms with E-state index >= 15 is 0 Å². The lowest BCUT2D eigenvalue weighted by Crippen LogP contribution is -2.58. The molecular weight excluding hydrogens is 358 g/mol. The Morgan fingerprint density at radius 2 is 2.15 bits per heavy atom. The van der Waals surface area contributed by atoms with Crippen molar-refractivity contribution in [2.45, 2.75) is 38.7 Å². The van der Waals surface area contributed by atoms with Crippen LogP contribution in [0.1, 0.15) is 31.7 Å². The molecule has 0 unspecified atom stereocenters. The smallest absolute Gasteiger partial charge is 0.313 e. The van der Waals surface area contributed by atoms with Crippen LogP contribution in [0.25, 0.3) is 0 Å². The summed E-state index contributed by atoms with van der Waals surface area (Å²) in [5, 5.41) is 20.4. The van der Waals surface area contributed by atoms with Crippen molar-refractivity contribution in [3.63, 3.8) is 0 Å². The summed E-state index contributed by atoms with van der Waals surface area (Å²) in [6.07, 6.45) is 0.270. The Balaban J connectivity index is 2.33. The molecule has 1 heterocycles. The lowest BCUT2D eigenvalue weighted by atomic mass is 9.73. The molecule has 0 spiro atoms. The van der Waals surface area contributed by atoms with E-state index in [2.05, 4.69) is 0 Å². The first-order valence-electron chi connectivity index (χ1n) is 8.77. The van der Waals surface area contributed by atoms with E-state index in [1.165, 1.54) is 11.4 Å². The highest BCUT2D eigenvalue weighted by Crippen LogP contribution is 2.36. The van der Waals surface area contributed by atoms with Gasteiger partial charge < -0.3 is 14.9 Å². The van der Waals surface area contributed by atoms with Gasteiger partial charge in [0.25, 0.3) is 0 Å². The summed E-state index contributed by atoms with van der Waals surface area (Å²) < 4.78 is 31.5. The molecule has 2 rings (SSSR count). The number of hydrogen-bond donors (Lipinski definition) is 2. The van der Waals surface area contributed by atoms with Crippen molar-refractivity contribution in [3.05, 3.63) is 29.8 Å². The molecule has 1 aromatic carbocycles. The average Bonchev–Trinajstić information content (AvgIpc) is 2.61. The molecule has 0 aromatic heterocycles. The van der Waals surface area contributed by atoms with E-state index in [1.54, 1.807) is 24.3 Å². The highest BCUT2D eigenvalue weighted by atomic mass is 32.2. The summed E-state index contributed by atoms with van der Waals surface area (Å²) in [5.41, 5.74) is -0.900. The number of rotatable bonds is 8. The molecule has 8 heteroatoms. The number of aliphatic hydroxyl groups excluding tert-OH is 1. The van der Waals surface area contributed by atoms with Gasteiger partial charge in [-0.05, 0) is 37.0 Å². The van der Waals surface area contributed by atoms with E-state index in [-0.39, 0.29) is 31.7 Å². The van der Waals surface area contributed by atoms with Gasteiger partial charge in [0.15, 0.2) is 0 Å². The van der Waals surface area contributed by atoms with Crippen LogP contribution in [0, 0.1) is 5.41 Å². The summed E-state index contributed by atoms with van der Waals surface area (Å²) >= 11 is 0. The van der Waals surface area contributed by atoms with Crippen LogP contribution < -0.4 is 4.74 Å². The minimum absolute atomic E-state index is 0.00550. The zero-order valence-corrected chi connectivity index (χ0v) is 16.0. The number of piperidine rings is 1. The number of methoxy groups -OCH3 is 1. The third kappa shape index (κ3) is 4.36. The van der Waals surface area contributed by atoms with E-state index in [9.17, 15) is 23.4 Å². The first kappa shape index (κ1) is 20.7. The predicted octanol–water partition coefficient (Wildman–Crippen LogP) is 1.51. The molecule has 1 saturated heterocycles. The molecule has 1 aliphatic heterocycles. The minimum Gasteiger partial charge on any atom is -0.497 e. The monoisotopic (exact) mass is 385 g/mol. The van der Waals surface area contributed by atoms with Crippen molar-refractivity contribution < 1.29 is 28.2 Å². The summed E-state index contributed by atoms with van der Waals surface area (Å²) in [6, 6.07) is 6.96. The Hall–Kier alpha value is -1.64. The first-order chi connectivity index (χ1) is 12.2. The van der Waals surface area contributed by atoms with Gasteiger partial charge in [0.2, 0.25) is 10.0 Å². The third-order valence-corrected chi connectivity index (χ3v) is 6.88. The normalized spacial score (nSPS) is 24.3. The molecule has 1 aromatic rings. The molecule has 0 radical (unpaired) electrons. The maximum Gasteiger partial charge on any atom is 0.313 e. The van der Waals surface area contributed by atoms with E-state index in [0.717, 1.165) is 6.42 Å². The van der Waals surface area contributed by atoms with Gasteiger partial charge >= 0.3 is 5.97 Å². The Bertz CT molecular complexity index is 735. The van der Waals surface area contributed by atoms with E-state index in [1.807, 2.05) is 6.92 Å². The summed E-state index contributed by atoms with van der Waals surface area (Å²) in [5.74, 6) is -0.613. The number of benzene rings is 1. The quantitative estimate of drug-likeness (QED) is 0.703. The fraction of sp³-hybridized carbons (Fsp3) is 0.611. The van der Waals surface area contributed by atoms with Crippen LogP contribution in [0.5, 0.6) is 5.75 Å². The summed E-state index contributed by atoms with van der Waals surface area (Å²) in [7, 11) is -2.03. The second kappa shape index (κ2) is 8.37. The van der Waals surface area contributed by atoms with Gasteiger partial charge in [0.1, 0.15) is 11.2 Å². The average molecular weight is 385 g/mol. The van der Waals surface area contributed by atoms with Gasteiger partial charge in [-0.1, -0.05) is 25.5 Å². The van der Waals surface area contributed by atoms with E-state index < -0.39 is 27.5 Å². The van der Waals surface area contributed by atoms with Gasteiger partial charge in [-0.25, -0.2) is 12.7 Å². The molecule has 1 aliphatic rings. The van der Waals surface area contributed by atoms with Crippen molar-refractivity contribution in [2.24, 2.45) is 5.41 Å². The molecule has 0 saturated carbocycles. The van der Waals surface area contributed by atoms with E-state index in [0.29, 0.717) is 17.7 Å². The molecule has 146 valence electrons. The molecule has 2 N–H and O–H groups in total. The first-order valence-corrected chi connectivity index (χ1v) is 10.4. The van der Waals surface area contributed by atoms with Crippen LogP contribution in [0.15, 0.2) is 24.3 Å². The van der Waals surface area contributed by atoms with Crippen molar-refractivity contribution >= 4 is 16.0 Å². The molecular formula is C18H27NO6S. The zero-order valence-electron chi connectivity index (χ0n) is 15.2. The van der Waals surface area contributed by atoms with Crippen molar-refractivity contribution in [1.29, 1.82) is 0 Å². The van der Waals surface area contributed by atoms with Crippen LogP contribution >= 0.6 is 0 Å². The topological polar surface area (TPSA) is 104 Å². The lowest BCUT2D eigenvalue weighted by Gasteiger charge is -2.42. The number of carboxylic acid groups (broad SMARTS) is 1. The van der Waals surface area contributed by atoms with Crippen molar-refractivity contribution in [2.75, 3.05) is 26.0 Å². The van der Waals surface area contributed by atoms with Crippen LogP contribution in [0.3, 0.4) is 0 Å². The largest absolute Gasteiger partial charge is 0.497 e. The third-order valence-electron chi connectivity index (χ3n) is 4.98. The number of carboxylic acids is 1. The van der Waals surface area contributed by atoms with Gasteiger partial charge in [0.05, 0.1) is 19.0 Å². The molecule has 0 bridgehead atoms. The lowest BCUT2D eigenvalue weighted by molar-refractivity contribution is -0.160. The van der Waals surface area contributed by atoms with Crippen molar-refractivity contribution in [1.82, 2.24) is 4.31 Å². The van der Waals surface area contributed by atoms with Crippen LogP contribution in [-0.2, 0) is 21.2 Å². The van der Waals surface area contributed by atoms with Gasteiger partial charge in [-0.3, -0.25) is 4.79 Å². The van der Waals surface area contributed by atoms with Crippen molar-refractivity contribution in [3.8, 4) is 5.75 Å². The minimum atomic E-state index is -3.54. The SMILES string of the molecule is CCCCS(=O)(=O)N1CC[C@H](O)[C@](Cc2cccc(OC)c2)(C(=O)O)C1.